The lowest BCUT2D eigenvalue weighted by atomic mass is 10.1. The van der Waals surface area contributed by atoms with Crippen molar-refractivity contribution in [3.8, 4) is 0 Å². The zero-order valence-electron chi connectivity index (χ0n) is 13.5. The van der Waals surface area contributed by atoms with Crippen molar-refractivity contribution >= 4 is 17.3 Å². The lowest BCUT2D eigenvalue weighted by Crippen LogP contribution is -2.16. The Labute approximate surface area is 138 Å². The standard InChI is InChI=1S/C18H19F3N2O/c1-12-3-6-16(11-13(12)2)23-17(24)9-10-22-15-7-4-14(5-8-15)18(19,20)21/h3-8,11,22H,9-10H2,1-2H3,(H,23,24). The van der Waals surface area contributed by atoms with Gasteiger partial charge in [0.05, 0.1) is 5.56 Å². The molecule has 0 aliphatic carbocycles. The van der Waals surface area contributed by atoms with Gasteiger partial charge in [0.25, 0.3) is 0 Å². The van der Waals surface area contributed by atoms with E-state index in [9.17, 15) is 18.0 Å². The number of hydrogen-bond donors (Lipinski definition) is 2. The average molecular weight is 336 g/mol. The maximum atomic E-state index is 12.5. The van der Waals surface area contributed by atoms with Crippen LogP contribution in [0, 0.1) is 13.8 Å². The third-order valence-electron chi connectivity index (χ3n) is 3.68. The molecule has 24 heavy (non-hydrogen) atoms. The Morgan fingerprint density at radius 1 is 0.958 bits per heavy atom. The van der Waals surface area contributed by atoms with Gasteiger partial charge in [-0.05, 0) is 61.4 Å². The quantitative estimate of drug-likeness (QED) is 0.826. The molecular weight excluding hydrogens is 317 g/mol. The molecule has 0 aromatic heterocycles. The van der Waals surface area contributed by atoms with Crippen molar-refractivity contribution in [1.29, 1.82) is 0 Å². The van der Waals surface area contributed by atoms with Gasteiger partial charge in [-0.2, -0.15) is 13.2 Å². The van der Waals surface area contributed by atoms with Gasteiger partial charge in [0.15, 0.2) is 0 Å². The van der Waals surface area contributed by atoms with Crippen molar-refractivity contribution in [3.05, 3.63) is 59.2 Å². The number of aryl methyl sites for hydroxylation is 2. The summed E-state index contributed by atoms with van der Waals surface area (Å²) in [7, 11) is 0. The fourth-order valence-corrected chi connectivity index (χ4v) is 2.14. The van der Waals surface area contributed by atoms with Crippen molar-refractivity contribution in [1.82, 2.24) is 0 Å². The molecule has 0 heterocycles. The van der Waals surface area contributed by atoms with Crippen LogP contribution in [0.5, 0.6) is 0 Å². The Morgan fingerprint density at radius 2 is 1.58 bits per heavy atom. The fourth-order valence-electron chi connectivity index (χ4n) is 2.14. The van der Waals surface area contributed by atoms with Crippen LogP contribution in [0.3, 0.4) is 0 Å². The Morgan fingerprint density at radius 3 is 2.17 bits per heavy atom. The van der Waals surface area contributed by atoms with E-state index in [1.54, 1.807) is 0 Å². The van der Waals surface area contributed by atoms with E-state index < -0.39 is 11.7 Å². The molecule has 0 aliphatic heterocycles. The lowest BCUT2D eigenvalue weighted by molar-refractivity contribution is -0.137. The third kappa shape index (κ3) is 5.01. The summed E-state index contributed by atoms with van der Waals surface area (Å²) in [5.41, 5.74) is 2.83. The highest BCUT2D eigenvalue weighted by atomic mass is 19.4. The molecule has 0 spiro atoms. The monoisotopic (exact) mass is 336 g/mol. The van der Waals surface area contributed by atoms with Gasteiger partial charge in [-0.15, -0.1) is 0 Å². The second-order valence-electron chi connectivity index (χ2n) is 5.60. The number of benzene rings is 2. The molecule has 0 unspecified atom stereocenters. The highest BCUT2D eigenvalue weighted by molar-refractivity contribution is 5.91. The summed E-state index contributed by atoms with van der Waals surface area (Å²) in [5.74, 6) is -0.155. The van der Waals surface area contributed by atoms with Gasteiger partial charge in [-0.1, -0.05) is 6.07 Å². The van der Waals surface area contributed by atoms with E-state index in [4.69, 9.17) is 0 Å². The van der Waals surface area contributed by atoms with Gasteiger partial charge in [0, 0.05) is 24.3 Å². The number of amides is 1. The van der Waals surface area contributed by atoms with Crippen LogP contribution < -0.4 is 10.6 Å². The molecule has 0 aliphatic rings. The molecule has 0 saturated heterocycles. The predicted molar refractivity (Wildman–Crippen MR) is 89.1 cm³/mol. The van der Waals surface area contributed by atoms with Gasteiger partial charge < -0.3 is 10.6 Å². The van der Waals surface area contributed by atoms with Crippen molar-refractivity contribution in [3.63, 3.8) is 0 Å². The first-order valence-electron chi connectivity index (χ1n) is 7.54. The molecule has 0 radical (unpaired) electrons. The molecule has 6 heteroatoms. The lowest BCUT2D eigenvalue weighted by Gasteiger charge is -2.10. The van der Waals surface area contributed by atoms with Crippen molar-refractivity contribution in [2.75, 3.05) is 17.2 Å². The van der Waals surface area contributed by atoms with Gasteiger partial charge in [0.1, 0.15) is 0 Å². The number of anilines is 2. The summed E-state index contributed by atoms with van der Waals surface area (Å²) >= 11 is 0. The number of halogens is 3. The molecule has 128 valence electrons. The summed E-state index contributed by atoms with van der Waals surface area (Å²) in [6.07, 6.45) is -4.13. The van der Waals surface area contributed by atoms with Crippen molar-refractivity contribution < 1.29 is 18.0 Å². The van der Waals surface area contributed by atoms with Crippen LogP contribution in [0.4, 0.5) is 24.5 Å². The number of hydrogen-bond acceptors (Lipinski definition) is 2. The first-order chi connectivity index (χ1) is 11.3. The highest BCUT2D eigenvalue weighted by Gasteiger charge is 2.29. The number of carbonyl (C=O) groups is 1. The molecule has 0 saturated carbocycles. The smallest absolute Gasteiger partial charge is 0.385 e. The van der Waals surface area contributed by atoms with Crippen LogP contribution in [0.1, 0.15) is 23.1 Å². The van der Waals surface area contributed by atoms with Crippen LogP contribution >= 0.6 is 0 Å². The second kappa shape index (κ2) is 7.38. The minimum atomic E-state index is -4.34. The van der Waals surface area contributed by atoms with E-state index in [1.165, 1.54) is 12.1 Å². The van der Waals surface area contributed by atoms with Gasteiger partial charge in [0.2, 0.25) is 5.91 Å². The minimum absolute atomic E-state index is 0.155. The van der Waals surface area contributed by atoms with E-state index in [2.05, 4.69) is 10.6 Å². The number of nitrogens with one attached hydrogen (secondary N) is 2. The molecule has 0 bridgehead atoms. The van der Waals surface area contributed by atoms with E-state index in [0.717, 1.165) is 28.9 Å². The normalized spacial score (nSPS) is 11.2. The summed E-state index contributed by atoms with van der Waals surface area (Å²) in [6, 6.07) is 10.4. The van der Waals surface area contributed by atoms with Gasteiger partial charge >= 0.3 is 6.18 Å². The third-order valence-corrected chi connectivity index (χ3v) is 3.68. The zero-order valence-corrected chi connectivity index (χ0v) is 13.5. The molecular formula is C18H19F3N2O. The largest absolute Gasteiger partial charge is 0.416 e. The SMILES string of the molecule is Cc1ccc(NC(=O)CCNc2ccc(C(F)(F)F)cc2)cc1C. The van der Waals surface area contributed by atoms with Crippen LogP contribution in [0.2, 0.25) is 0 Å². The van der Waals surface area contributed by atoms with Crippen LogP contribution in [0.15, 0.2) is 42.5 Å². The van der Waals surface area contributed by atoms with Crippen molar-refractivity contribution in [2.24, 2.45) is 0 Å². The molecule has 3 nitrogen and oxygen atoms in total. The number of rotatable bonds is 5. The Balaban J connectivity index is 1.81. The first-order valence-corrected chi connectivity index (χ1v) is 7.54. The molecule has 0 atom stereocenters. The van der Waals surface area contributed by atoms with E-state index in [0.29, 0.717) is 12.2 Å². The molecule has 2 aromatic rings. The Hall–Kier alpha value is -2.50. The maximum Gasteiger partial charge on any atom is 0.416 e. The second-order valence-corrected chi connectivity index (χ2v) is 5.60. The average Bonchev–Trinajstić information content (AvgIpc) is 2.50. The predicted octanol–water partition coefficient (Wildman–Crippen LogP) is 4.76. The molecule has 2 rings (SSSR count). The van der Waals surface area contributed by atoms with Gasteiger partial charge in [-0.3, -0.25) is 4.79 Å². The molecule has 0 fully saturated rings. The summed E-state index contributed by atoms with van der Waals surface area (Å²) in [4.78, 5) is 11.9. The fraction of sp³-hybridized carbons (Fsp3) is 0.278. The van der Waals surface area contributed by atoms with E-state index in [-0.39, 0.29) is 12.3 Å². The first kappa shape index (κ1) is 17.8. The topological polar surface area (TPSA) is 41.1 Å². The summed E-state index contributed by atoms with van der Waals surface area (Å²) in [6.45, 7) is 4.30. The minimum Gasteiger partial charge on any atom is -0.385 e. The van der Waals surface area contributed by atoms with Crippen LogP contribution in [-0.4, -0.2) is 12.5 Å². The maximum absolute atomic E-state index is 12.5. The zero-order chi connectivity index (χ0) is 17.7. The summed E-state index contributed by atoms with van der Waals surface area (Å²) < 4.78 is 37.4. The Kier molecular flexibility index (Phi) is 5.49. The molecule has 2 aromatic carbocycles. The van der Waals surface area contributed by atoms with E-state index in [1.807, 2.05) is 32.0 Å². The van der Waals surface area contributed by atoms with Crippen molar-refractivity contribution in [2.45, 2.75) is 26.4 Å². The Bertz CT molecular complexity index is 709. The molecule has 1 amide bonds. The van der Waals surface area contributed by atoms with Crippen LogP contribution in [-0.2, 0) is 11.0 Å². The number of alkyl halides is 3. The number of carbonyl (C=O) groups excluding carboxylic acids is 1. The summed E-state index contributed by atoms with van der Waals surface area (Å²) in [5, 5.41) is 5.73. The van der Waals surface area contributed by atoms with Crippen LogP contribution in [0.25, 0.3) is 0 Å². The van der Waals surface area contributed by atoms with E-state index >= 15 is 0 Å². The molecule has 2 N–H and O–H groups in total. The van der Waals surface area contributed by atoms with Gasteiger partial charge in [-0.25, -0.2) is 0 Å². The highest BCUT2D eigenvalue weighted by Crippen LogP contribution is 2.29.